The van der Waals surface area contributed by atoms with Crippen LogP contribution >= 0.6 is 22.9 Å². The predicted molar refractivity (Wildman–Crippen MR) is 85.2 cm³/mol. The summed E-state index contributed by atoms with van der Waals surface area (Å²) >= 11 is 7.59. The molecule has 1 atom stereocenters. The van der Waals surface area contributed by atoms with E-state index in [1.54, 1.807) is 11.3 Å². The van der Waals surface area contributed by atoms with Crippen LogP contribution in [0.1, 0.15) is 40.1 Å². The van der Waals surface area contributed by atoms with E-state index in [1.807, 2.05) is 6.07 Å². The Morgan fingerprint density at radius 1 is 1.16 bits per heavy atom. The maximum Gasteiger partial charge on any atom is 0.0931 e. The molecule has 102 valence electrons. The Balaban J connectivity index is 2.10. The lowest BCUT2D eigenvalue weighted by atomic mass is 9.95. The molecule has 0 aliphatic rings. The summed E-state index contributed by atoms with van der Waals surface area (Å²) in [6.45, 7) is 9.62. The number of hydrogen-bond donors (Lipinski definition) is 1. The van der Waals surface area contributed by atoms with Gasteiger partial charge in [-0.15, -0.1) is 11.3 Å². The first-order valence-corrected chi connectivity index (χ1v) is 7.72. The third kappa shape index (κ3) is 3.59. The summed E-state index contributed by atoms with van der Waals surface area (Å²) in [7, 11) is 0. The van der Waals surface area contributed by atoms with E-state index in [1.165, 1.54) is 27.1 Å². The molecular formula is C16H20ClNS. The van der Waals surface area contributed by atoms with Gasteiger partial charge in [-0.05, 0) is 56.5 Å². The van der Waals surface area contributed by atoms with Crippen molar-refractivity contribution in [2.24, 2.45) is 0 Å². The topological polar surface area (TPSA) is 12.0 Å². The molecule has 1 aromatic carbocycles. The first-order chi connectivity index (χ1) is 8.97. The van der Waals surface area contributed by atoms with Crippen molar-refractivity contribution in [1.82, 2.24) is 5.32 Å². The number of rotatable bonds is 4. The summed E-state index contributed by atoms with van der Waals surface area (Å²) in [5.74, 6) is 0. The quantitative estimate of drug-likeness (QED) is 0.819. The summed E-state index contributed by atoms with van der Waals surface area (Å²) in [6, 6.07) is 8.89. The molecule has 1 unspecified atom stereocenters. The van der Waals surface area contributed by atoms with Gasteiger partial charge in [-0.1, -0.05) is 29.3 Å². The highest BCUT2D eigenvalue weighted by Gasteiger charge is 2.11. The van der Waals surface area contributed by atoms with E-state index in [4.69, 9.17) is 11.6 Å². The lowest BCUT2D eigenvalue weighted by Crippen LogP contribution is -2.19. The van der Waals surface area contributed by atoms with Crippen LogP contribution in [-0.2, 0) is 6.54 Å². The third-order valence-corrected chi connectivity index (χ3v) is 4.61. The van der Waals surface area contributed by atoms with E-state index >= 15 is 0 Å². The predicted octanol–water partition coefficient (Wildman–Crippen LogP) is 5.18. The number of benzene rings is 1. The molecule has 0 radical (unpaired) electrons. The van der Waals surface area contributed by atoms with Crippen LogP contribution in [0.25, 0.3) is 0 Å². The summed E-state index contributed by atoms with van der Waals surface area (Å²) in [5.41, 5.74) is 5.47. The zero-order chi connectivity index (χ0) is 14.0. The molecule has 2 rings (SSSR count). The van der Waals surface area contributed by atoms with E-state index in [-0.39, 0.29) is 0 Å². The van der Waals surface area contributed by atoms with E-state index in [9.17, 15) is 0 Å². The number of aryl methyl sites for hydroxylation is 3. The minimum absolute atomic E-state index is 0.349. The summed E-state index contributed by atoms with van der Waals surface area (Å²) in [5, 5.41) is 3.58. The van der Waals surface area contributed by atoms with Gasteiger partial charge in [0.15, 0.2) is 0 Å². The van der Waals surface area contributed by atoms with Crippen molar-refractivity contribution in [1.29, 1.82) is 0 Å². The zero-order valence-corrected chi connectivity index (χ0v) is 13.5. The Labute approximate surface area is 124 Å². The molecule has 1 N–H and O–H groups in total. The van der Waals surface area contributed by atoms with Crippen molar-refractivity contribution in [2.45, 2.75) is 40.3 Å². The zero-order valence-electron chi connectivity index (χ0n) is 11.9. The van der Waals surface area contributed by atoms with Gasteiger partial charge in [0.2, 0.25) is 0 Å². The highest BCUT2D eigenvalue weighted by molar-refractivity contribution is 7.16. The molecule has 0 saturated heterocycles. The maximum absolute atomic E-state index is 5.95. The fourth-order valence-corrected chi connectivity index (χ4v) is 3.72. The summed E-state index contributed by atoms with van der Waals surface area (Å²) in [4.78, 5) is 1.28. The second-order valence-electron chi connectivity index (χ2n) is 5.12. The largest absolute Gasteiger partial charge is 0.305 e. The van der Waals surface area contributed by atoms with E-state index in [0.717, 1.165) is 10.9 Å². The first-order valence-electron chi connectivity index (χ1n) is 6.52. The Morgan fingerprint density at radius 3 is 2.32 bits per heavy atom. The fourth-order valence-electron chi connectivity index (χ4n) is 2.68. The molecule has 1 heterocycles. The van der Waals surface area contributed by atoms with Gasteiger partial charge in [0.25, 0.3) is 0 Å². The van der Waals surface area contributed by atoms with Crippen molar-refractivity contribution in [3.05, 3.63) is 55.7 Å². The maximum atomic E-state index is 5.95. The van der Waals surface area contributed by atoms with Crippen LogP contribution in [-0.4, -0.2) is 0 Å². The Kier molecular flexibility index (Phi) is 4.67. The van der Waals surface area contributed by atoms with Gasteiger partial charge in [0.1, 0.15) is 0 Å². The molecule has 3 heteroatoms. The lowest BCUT2D eigenvalue weighted by molar-refractivity contribution is 0.573. The molecule has 0 spiro atoms. The van der Waals surface area contributed by atoms with Crippen molar-refractivity contribution in [3.63, 3.8) is 0 Å². The van der Waals surface area contributed by atoms with Crippen LogP contribution < -0.4 is 5.32 Å². The average Bonchev–Trinajstić information content (AvgIpc) is 2.71. The highest BCUT2D eigenvalue weighted by Crippen LogP contribution is 2.25. The summed E-state index contributed by atoms with van der Waals surface area (Å²) in [6.07, 6.45) is 0. The normalized spacial score (nSPS) is 12.7. The van der Waals surface area contributed by atoms with Gasteiger partial charge in [0, 0.05) is 17.5 Å². The van der Waals surface area contributed by atoms with Gasteiger partial charge in [-0.2, -0.15) is 0 Å². The van der Waals surface area contributed by atoms with E-state index in [0.29, 0.717) is 6.04 Å². The monoisotopic (exact) mass is 293 g/mol. The van der Waals surface area contributed by atoms with E-state index in [2.05, 4.69) is 51.2 Å². The minimum atomic E-state index is 0.349. The smallest absolute Gasteiger partial charge is 0.0931 e. The lowest BCUT2D eigenvalue weighted by Gasteiger charge is -2.19. The van der Waals surface area contributed by atoms with Gasteiger partial charge in [-0.3, -0.25) is 0 Å². The Morgan fingerprint density at radius 2 is 1.79 bits per heavy atom. The van der Waals surface area contributed by atoms with Crippen molar-refractivity contribution >= 4 is 22.9 Å². The number of hydrogen-bond acceptors (Lipinski definition) is 2. The second-order valence-corrected chi connectivity index (χ2v) is 6.92. The number of nitrogens with one attached hydrogen (secondary N) is 1. The summed E-state index contributed by atoms with van der Waals surface area (Å²) < 4.78 is 0.854. The fraction of sp³-hybridized carbons (Fsp3) is 0.375. The molecule has 0 fully saturated rings. The van der Waals surface area contributed by atoms with Crippen LogP contribution in [0, 0.1) is 20.8 Å². The standard InChI is InChI=1S/C16H20ClNS/c1-10-7-11(2)16(12(3)8-10)13(4)18-9-14-5-6-15(17)19-14/h5-8,13,18H,9H2,1-4H3. The average molecular weight is 294 g/mol. The molecule has 2 aromatic rings. The molecule has 0 aliphatic carbocycles. The van der Waals surface area contributed by atoms with Gasteiger partial charge >= 0.3 is 0 Å². The third-order valence-electron chi connectivity index (χ3n) is 3.38. The highest BCUT2D eigenvalue weighted by atomic mass is 35.5. The number of thiophene rings is 1. The molecule has 0 saturated carbocycles. The van der Waals surface area contributed by atoms with Crippen LogP contribution in [0.5, 0.6) is 0 Å². The molecule has 0 aliphatic heterocycles. The van der Waals surface area contributed by atoms with Gasteiger partial charge < -0.3 is 5.32 Å². The molecule has 1 nitrogen and oxygen atoms in total. The van der Waals surface area contributed by atoms with E-state index < -0.39 is 0 Å². The van der Waals surface area contributed by atoms with Crippen LogP contribution in [0.4, 0.5) is 0 Å². The van der Waals surface area contributed by atoms with Crippen LogP contribution in [0.3, 0.4) is 0 Å². The first kappa shape index (κ1) is 14.6. The molecule has 0 amide bonds. The second kappa shape index (κ2) is 6.08. The van der Waals surface area contributed by atoms with Crippen molar-refractivity contribution < 1.29 is 0 Å². The van der Waals surface area contributed by atoms with Gasteiger partial charge in [0.05, 0.1) is 4.34 Å². The Hall–Kier alpha value is -0.830. The molecule has 0 bridgehead atoms. The van der Waals surface area contributed by atoms with Gasteiger partial charge in [-0.25, -0.2) is 0 Å². The van der Waals surface area contributed by atoms with Crippen molar-refractivity contribution in [2.75, 3.05) is 0 Å². The Bertz CT molecular complexity index is 551. The van der Waals surface area contributed by atoms with Crippen LogP contribution in [0.15, 0.2) is 24.3 Å². The van der Waals surface area contributed by atoms with Crippen molar-refractivity contribution in [3.8, 4) is 0 Å². The molecule has 19 heavy (non-hydrogen) atoms. The molecular weight excluding hydrogens is 274 g/mol. The molecule has 1 aromatic heterocycles. The SMILES string of the molecule is Cc1cc(C)c(C(C)NCc2ccc(Cl)s2)c(C)c1. The number of halogens is 1. The minimum Gasteiger partial charge on any atom is -0.305 e. The van der Waals surface area contributed by atoms with Crippen LogP contribution in [0.2, 0.25) is 4.34 Å².